The van der Waals surface area contributed by atoms with Crippen molar-refractivity contribution in [2.75, 3.05) is 7.11 Å². The third-order valence-electron chi connectivity index (χ3n) is 1.88. The summed E-state index contributed by atoms with van der Waals surface area (Å²) in [6.07, 6.45) is 1.68. The van der Waals surface area contributed by atoms with Crippen molar-refractivity contribution >= 4 is 22.1 Å². The molecular weight excluding hydrogens is 284 g/mol. The highest BCUT2D eigenvalue weighted by atomic mass is 79.9. The van der Waals surface area contributed by atoms with Crippen LogP contribution in [0.2, 0.25) is 0 Å². The van der Waals surface area contributed by atoms with Crippen molar-refractivity contribution in [2.24, 2.45) is 5.10 Å². The van der Waals surface area contributed by atoms with E-state index in [0.717, 1.165) is 5.56 Å². The average molecular weight is 301 g/mol. The van der Waals surface area contributed by atoms with Crippen LogP contribution in [0.25, 0.3) is 0 Å². The molecule has 0 saturated carbocycles. The van der Waals surface area contributed by atoms with Gasteiger partial charge < -0.3 is 15.3 Å². The van der Waals surface area contributed by atoms with E-state index in [4.69, 9.17) is 4.74 Å². The minimum atomic E-state index is -0.0747. The number of aromatic hydroxyl groups is 1. The molecule has 2 N–H and O–H groups in total. The lowest BCUT2D eigenvalue weighted by Crippen LogP contribution is -2.31. The highest BCUT2D eigenvalue weighted by Gasteiger charge is 2.08. The molecule has 1 rings (SSSR count). The van der Waals surface area contributed by atoms with E-state index in [2.05, 4.69) is 26.5 Å². The Morgan fingerprint density at radius 3 is 2.59 bits per heavy atom. The number of halogens is 1. The van der Waals surface area contributed by atoms with E-state index in [1.54, 1.807) is 18.3 Å². The molecule has 17 heavy (non-hydrogen) atoms. The van der Waals surface area contributed by atoms with Crippen LogP contribution in [-0.4, -0.2) is 24.0 Å². The molecule has 0 radical (unpaired) electrons. The third kappa shape index (κ3) is 4.26. The molecule has 0 spiro atoms. The Morgan fingerprint density at radius 2 is 2.06 bits per heavy atom. The summed E-state index contributed by atoms with van der Waals surface area (Å²) >= 11 is 3.26. The lowest BCUT2D eigenvalue weighted by Gasteiger charge is -2.17. The quantitative estimate of drug-likeness (QED) is 0.667. The summed E-state index contributed by atoms with van der Waals surface area (Å²) in [5.74, 6) is 0.505. The number of benzene rings is 1. The second kappa shape index (κ2) is 5.40. The smallest absolute Gasteiger partial charge is 0.172 e. The fourth-order valence-electron chi connectivity index (χ4n) is 1.12. The van der Waals surface area contributed by atoms with Crippen LogP contribution >= 0.6 is 15.9 Å². The summed E-state index contributed by atoms with van der Waals surface area (Å²) < 4.78 is 5.63. The fraction of sp³-hybridized carbons (Fsp3) is 0.417. The molecule has 0 aliphatic carbocycles. The maximum Gasteiger partial charge on any atom is 0.172 e. The monoisotopic (exact) mass is 300 g/mol. The number of ether oxygens (including phenoxy) is 1. The Bertz CT molecular complexity index is 425. The number of hydrogen-bond acceptors (Lipinski definition) is 4. The zero-order valence-corrected chi connectivity index (χ0v) is 12.0. The van der Waals surface area contributed by atoms with Gasteiger partial charge in [-0.3, -0.25) is 0 Å². The minimum absolute atomic E-state index is 0.0747. The van der Waals surface area contributed by atoms with Gasteiger partial charge >= 0.3 is 0 Å². The van der Waals surface area contributed by atoms with Crippen molar-refractivity contribution in [3.05, 3.63) is 22.2 Å². The lowest BCUT2D eigenvalue weighted by molar-refractivity contribution is 0.372. The van der Waals surface area contributed by atoms with Gasteiger partial charge in [0.05, 0.1) is 17.8 Å². The van der Waals surface area contributed by atoms with Gasteiger partial charge in [0.1, 0.15) is 0 Å². The van der Waals surface area contributed by atoms with Crippen molar-refractivity contribution in [3.63, 3.8) is 0 Å². The Hall–Kier alpha value is -1.23. The topological polar surface area (TPSA) is 53.8 Å². The first-order valence-electron chi connectivity index (χ1n) is 5.20. The van der Waals surface area contributed by atoms with E-state index < -0.39 is 0 Å². The first-order valence-corrected chi connectivity index (χ1v) is 5.99. The third-order valence-corrected chi connectivity index (χ3v) is 2.49. The van der Waals surface area contributed by atoms with E-state index in [1.807, 2.05) is 20.8 Å². The van der Waals surface area contributed by atoms with E-state index in [-0.39, 0.29) is 11.3 Å². The molecular formula is C12H17BrN2O2. The first kappa shape index (κ1) is 13.8. The molecule has 0 unspecified atom stereocenters. The Labute approximate surface area is 110 Å². The van der Waals surface area contributed by atoms with Crippen molar-refractivity contribution < 1.29 is 9.84 Å². The minimum Gasteiger partial charge on any atom is -0.503 e. The van der Waals surface area contributed by atoms with Gasteiger partial charge in [-0.15, -0.1) is 0 Å². The summed E-state index contributed by atoms with van der Waals surface area (Å²) in [4.78, 5) is 0. The number of phenols is 1. The molecule has 0 aliphatic heterocycles. The molecule has 0 aromatic heterocycles. The molecule has 0 amide bonds. The van der Waals surface area contributed by atoms with Gasteiger partial charge in [0.2, 0.25) is 0 Å². The highest BCUT2D eigenvalue weighted by Crippen LogP contribution is 2.34. The summed E-state index contributed by atoms with van der Waals surface area (Å²) in [6, 6.07) is 3.49. The Morgan fingerprint density at radius 1 is 1.41 bits per heavy atom. The lowest BCUT2D eigenvalue weighted by atomic mass is 10.1. The largest absolute Gasteiger partial charge is 0.503 e. The van der Waals surface area contributed by atoms with Gasteiger partial charge in [-0.05, 0) is 54.4 Å². The predicted octanol–water partition coefficient (Wildman–Crippen LogP) is 2.89. The van der Waals surface area contributed by atoms with Crippen LogP contribution in [0.1, 0.15) is 26.3 Å². The van der Waals surface area contributed by atoms with E-state index in [0.29, 0.717) is 10.2 Å². The highest BCUT2D eigenvalue weighted by molar-refractivity contribution is 9.10. The van der Waals surface area contributed by atoms with Gasteiger partial charge in [0.15, 0.2) is 11.5 Å². The number of phenolic OH excluding ortho intramolecular Hbond substituents is 1. The second-order valence-corrected chi connectivity index (χ2v) is 5.53. The number of hydrazone groups is 1. The first-order chi connectivity index (χ1) is 7.83. The van der Waals surface area contributed by atoms with Crippen LogP contribution in [0, 0.1) is 0 Å². The van der Waals surface area contributed by atoms with Crippen molar-refractivity contribution in [1.29, 1.82) is 0 Å². The fourth-order valence-corrected chi connectivity index (χ4v) is 1.58. The predicted molar refractivity (Wildman–Crippen MR) is 72.8 cm³/mol. The number of nitrogens with zero attached hydrogens (tertiary/aromatic N) is 1. The normalized spacial score (nSPS) is 11.8. The van der Waals surface area contributed by atoms with Crippen LogP contribution in [-0.2, 0) is 0 Å². The molecule has 0 heterocycles. The molecule has 5 heteroatoms. The number of hydrogen-bond donors (Lipinski definition) is 2. The summed E-state index contributed by atoms with van der Waals surface area (Å²) in [7, 11) is 1.51. The zero-order chi connectivity index (χ0) is 13.1. The standard InChI is InChI=1S/C12H17BrN2O2/c1-12(2,3)15-14-7-8-5-9(13)11(16)10(6-8)17-4/h5-7,15-16H,1-4H3/b14-7+. The SMILES string of the molecule is COc1cc(/C=N/NC(C)(C)C)cc(Br)c1O. The van der Waals surface area contributed by atoms with Crippen LogP contribution in [0.5, 0.6) is 11.5 Å². The summed E-state index contributed by atoms with van der Waals surface area (Å²) in [6.45, 7) is 6.08. The number of nitrogens with one attached hydrogen (secondary N) is 1. The van der Waals surface area contributed by atoms with Gasteiger partial charge in [-0.2, -0.15) is 5.10 Å². The Kier molecular flexibility index (Phi) is 4.40. The van der Waals surface area contributed by atoms with Crippen LogP contribution in [0.15, 0.2) is 21.7 Å². The molecule has 0 bridgehead atoms. The van der Waals surface area contributed by atoms with Gasteiger partial charge in [-0.1, -0.05) is 0 Å². The maximum absolute atomic E-state index is 9.64. The molecule has 0 atom stereocenters. The van der Waals surface area contributed by atoms with Crippen molar-refractivity contribution in [3.8, 4) is 11.5 Å². The molecule has 1 aromatic rings. The maximum atomic E-state index is 9.64. The van der Waals surface area contributed by atoms with Crippen molar-refractivity contribution in [1.82, 2.24) is 5.43 Å². The zero-order valence-electron chi connectivity index (χ0n) is 10.4. The van der Waals surface area contributed by atoms with Gasteiger partial charge in [-0.25, -0.2) is 0 Å². The average Bonchev–Trinajstić information content (AvgIpc) is 2.21. The van der Waals surface area contributed by atoms with Crippen LogP contribution < -0.4 is 10.2 Å². The molecule has 0 aliphatic rings. The molecule has 0 fully saturated rings. The number of rotatable bonds is 3. The van der Waals surface area contributed by atoms with Gasteiger partial charge in [0, 0.05) is 5.54 Å². The van der Waals surface area contributed by atoms with Crippen LogP contribution in [0.3, 0.4) is 0 Å². The number of methoxy groups -OCH3 is 1. The van der Waals surface area contributed by atoms with E-state index in [9.17, 15) is 5.11 Å². The molecule has 94 valence electrons. The Balaban J connectivity index is 2.89. The second-order valence-electron chi connectivity index (χ2n) is 4.67. The summed E-state index contributed by atoms with van der Waals surface area (Å²) in [5.41, 5.74) is 3.75. The molecule has 0 saturated heterocycles. The van der Waals surface area contributed by atoms with E-state index >= 15 is 0 Å². The van der Waals surface area contributed by atoms with Crippen LogP contribution in [0.4, 0.5) is 0 Å². The molecule has 1 aromatic carbocycles. The van der Waals surface area contributed by atoms with Crippen molar-refractivity contribution in [2.45, 2.75) is 26.3 Å². The summed E-state index contributed by atoms with van der Waals surface area (Å²) in [5, 5.41) is 13.8. The van der Waals surface area contributed by atoms with Gasteiger partial charge in [0.25, 0.3) is 0 Å². The molecule has 4 nitrogen and oxygen atoms in total. The van der Waals surface area contributed by atoms with E-state index in [1.165, 1.54) is 7.11 Å².